The van der Waals surface area contributed by atoms with Gasteiger partial charge in [0.2, 0.25) is 5.78 Å². The summed E-state index contributed by atoms with van der Waals surface area (Å²) in [6.45, 7) is 0.316. The summed E-state index contributed by atoms with van der Waals surface area (Å²) in [6.07, 6.45) is 0. The van der Waals surface area contributed by atoms with Gasteiger partial charge in [-0.05, 0) is 12.1 Å². The molecule has 0 saturated heterocycles. The van der Waals surface area contributed by atoms with Gasteiger partial charge in [-0.3, -0.25) is 4.79 Å². The van der Waals surface area contributed by atoms with Crippen LogP contribution in [0.5, 0.6) is 0 Å². The van der Waals surface area contributed by atoms with Gasteiger partial charge in [-0.25, -0.2) is 0 Å². The molecule has 0 fully saturated rings. The lowest BCUT2D eigenvalue weighted by Gasteiger charge is -1.95. The first kappa shape index (κ1) is 8.43. The molecule has 0 radical (unpaired) electrons. The van der Waals surface area contributed by atoms with Crippen molar-refractivity contribution in [3.8, 4) is 0 Å². The fourth-order valence-electron chi connectivity index (χ4n) is 0.806. The number of hydrogen-bond donors (Lipinski definition) is 1. The maximum atomic E-state index is 11.1. The van der Waals surface area contributed by atoms with E-state index in [0.29, 0.717) is 6.54 Å². The minimum atomic E-state index is 0.0753. The number of carbonyl (C=O) groups is 1. The number of ketones is 1. The summed E-state index contributed by atoms with van der Waals surface area (Å²) in [5, 5.41) is 0. The van der Waals surface area contributed by atoms with Crippen LogP contribution in [0.25, 0.3) is 0 Å². The van der Waals surface area contributed by atoms with Crippen molar-refractivity contribution in [2.45, 2.75) is 0 Å². The van der Waals surface area contributed by atoms with Crippen LogP contribution >= 0.6 is 15.9 Å². The third-order valence-corrected chi connectivity index (χ3v) is 1.87. The molecule has 0 aliphatic rings. The molecule has 1 aromatic carbocycles. The number of halogens is 1. The summed E-state index contributed by atoms with van der Waals surface area (Å²) in [7, 11) is 0. The highest BCUT2D eigenvalue weighted by Crippen LogP contribution is 2.11. The molecule has 0 unspecified atom stereocenters. The molecule has 0 amide bonds. The second-order valence-electron chi connectivity index (χ2n) is 2.18. The number of quaternary nitrogens is 1. The van der Waals surface area contributed by atoms with Crippen LogP contribution in [0.3, 0.4) is 0 Å². The monoisotopic (exact) mass is 214 g/mol. The van der Waals surface area contributed by atoms with Crippen molar-refractivity contribution in [2.75, 3.05) is 6.54 Å². The second kappa shape index (κ2) is 3.64. The van der Waals surface area contributed by atoms with E-state index in [1.165, 1.54) is 0 Å². The molecule has 0 aromatic heterocycles. The Labute approximate surface area is 73.5 Å². The molecule has 0 saturated carbocycles. The summed E-state index contributed by atoms with van der Waals surface area (Å²) >= 11 is 3.29. The molecule has 58 valence electrons. The standard InChI is InChI=1S/C8H8BrNO/c9-7-3-1-2-6(4-7)8(11)5-10/h1-4H,5,10H2/p+1. The van der Waals surface area contributed by atoms with Gasteiger partial charge in [0.1, 0.15) is 6.54 Å². The van der Waals surface area contributed by atoms with Crippen LogP contribution < -0.4 is 5.73 Å². The smallest absolute Gasteiger partial charge is 0.216 e. The van der Waals surface area contributed by atoms with Gasteiger partial charge in [-0.2, -0.15) is 0 Å². The van der Waals surface area contributed by atoms with E-state index in [0.717, 1.165) is 10.0 Å². The molecular formula is C8H9BrNO+. The van der Waals surface area contributed by atoms with Crippen LogP contribution in [-0.2, 0) is 0 Å². The Morgan fingerprint density at radius 1 is 1.55 bits per heavy atom. The SMILES string of the molecule is [NH3+]CC(=O)c1cccc(Br)c1. The molecule has 0 heterocycles. The number of Topliss-reactive ketones (excluding diaryl/α,β-unsaturated/α-hetero) is 1. The maximum absolute atomic E-state index is 11.1. The van der Waals surface area contributed by atoms with Gasteiger partial charge in [-0.15, -0.1) is 0 Å². The van der Waals surface area contributed by atoms with Crippen molar-refractivity contribution in [3.63, 3.8) is 0 Å². The van der Waals surface area contributed by atoms with Gasteiger partial charge in [0.05, 0.1) is 0 Å². The van der Waals surface area contributed by atoms with Crippen molar-refractivity contribution in [3.05, 3.63) is 34.3 Å². The summed E-state index contributed by atoms with van der Waals surface area (Å²) in [5.74, 6) is 0.0753. The Balaban J connectivity index is 2.96. The average molecular weight is 215 g/mol. The molecule has 3 N–H and O–H groups in total. The van der Waals surface area contributed by atoms with Crippen LogP contribution in [0.1, 0.15) is 10.4 Å². The molecule has 0 aliphatic carbocycles. The molecule has 0 atom stereocenters. The lowest BCUT2D eigenvalue weighted by Crippen LogP contribution is -2.54. The molecule has 0 spiro atoms. The summed E-state index contributed by atoms with van der Waals surface area (Å²) < 4.78 is 0.928. The Morgan fingerprint density at radius 3 is 2.82 bits per heavy atom. The first-order valence-corrected chi connectivity index (χ1v) is 4.11. The quantitative estimate of drug-likeness (QED) is 0.731. The highest BCUT2D eigenvalue weighted by molar-refractivity contribution is 9.10. The van der Waals surface area contributed by atoms with E-state index in [1.54, 1.807) is 12.1 Å². The largest absolute Gasteiger partial charge is 0.351 e. The van der Waals surface area contributed by atoms with E-state index in [1.807, 2.05) is 12.1 Å². The van der Waals surface area contributed by atoms with E-state index in [-0.39, 0.29) is 5.78 Å². The van der Waals surface area contributed by atoms with Crippen molar-refractivity contribution in [1.29, 1.82) is 0 Å². The molecule has 1 aromatic rings. The van der Waals surface area contributed by atoms with E-state index >= 15 is 0 Å². The van der Waals surface area contributed by atoms with Crippen LogP contribution in [0, 0.1) is 0 Å². The molecule has 11 heavy (non-hydrogen) atoms. The summed E-state index contributed by atoms with van der Waals surface area (Å²) in [5.41, 5.74) is 4.24. The predicted octanol–water partition coefficient (Wildman–Crippen LogP) is 0.874. The fraction of sp³-hybridized carbons (Fsp3) is 0.125. The van der Waals surface area contributed by atoms with Gasteiger partial charge in [0.15, 0.2) is 0 Å². The Kier molecular flexibility index (Phi) is 2.79. The lowest BCUT2D eigenvalue weighted by atomic mass is 10.1. The lowest BCUT2D eigenvalue weighted by molar-refractivity contribution is -0.349. The zero-order valence-corrected chi connectivity index (χ0v) is 7.60. The molecule has 2 nitrogen and oxygen atoms in total. The number of carbonyl (C=O) groups excluding carboxylic acids is 1. The van der Waals surface area contributed by atoms with Crippen molar-refractivity contribution in [2.24, 2.45) is 0 Å². The minimum absolute atomic E-state index is 0.0753. The number of hydrogen-bond acceptors (Lipinski definition) is 1. The summed E-state index contributed by atoms with van der Waals surface area (Å²) in [6, 6.07) is 7.32. The second-order valence-corrected chi connectivity index (χ2v) is 3.10. The Hall–Kier alpha value is -0.670. The van der Waals surface area contributed by atoms with Gasteiger partial charge < -0.3 is 5.73 Å². The number of rotatable bonds is 2. The van der Waals surface area contributed by atoms with Crippen LogP contribution in [0.2, 0.25) is 0 Å². The minimum Gasteiger partial charge on any atom is -0.351 e. The highest BCUT2D eigenvalue weighted by atomic mass is 79.9. The van der Waals surface area contributed by atoms with Crippen LogP contribution in [-0.4, -0.2) is 12.3 Å². The molecule has 1 rings (SSSR count). The normalized spacial score (nSPS) is 9.64. The van der Waals surface area contributed by atoms with E-state index < -0.39 is 0 Å². The van der Waals surface area contributed by atoms with Crippen LogP contribution in [0.4, 0.5) is 0 Å². The van der Waals surface area contributed by atoms with E-state index in [9.17, 15) is 4.79 Å². The first-order chi connectivity index (χ1) is 5.24. The van der Waals surface area contributed by atoms with Gasteiger partial charge in [-0.1, -0.05) is 28.1 Å². The van der Waals surface area contributed by atoms with Gasteiger partial charge in [0.25, 0.3) is 0 Å². The Bertz CT molecular complexity index is 273. The molecule has 0 bridgehead atoms. The van der Waals surface area contributed by atoms with E-state index in [4.69, 9.17) is 0 Å². The topological polar surface area (TPSA) is 44.7 Å². The molecule has 3 heteroatoms. The van der Waals surface area contributed by atoms with E-state index in [2.05, 4.69) is 21.7 Å². The maximum Gasteiger partial charge on any atom is 0.216 e. The predicted molar refractivity (Wildman–Crippen MR) is 46.2 cm³/mol. The van der Waals surface area contributed by atoms with Crippen molar-refractivity contribution in [1.82, 2.24) is 0 Å². The first-order valence-electron chi connectivity index (χ1n) is 3.32. The zero-order valence-electron chi connectivity index (χ0n) is 6.01. The van der Waals surface area contributed by atoms with Crippen molar-refractivity contribution < 1.29 is 10.5 Å². The fourth-order valence-corrected chi connectivity index (χ4v) is 1.21. The van der Waals surface area contributed by atoms with Gasteiger partial charge >= 0.3 is 0 Å². The highest BCUT2D eigenvalue weighted by Gasteiger charge is 2.03. The number of benzene rings is 1. The Morgan fingerprint density at radius 2 is 2.27 bits per heavy atom. The average Bonchev–Trinajstić information content (AvgIpc) is 2.03. The summed E-state index contributed by atoms with van der Waals surface area (Å²) in [4.78, 5) is 11.1. The zero-order chi connectivity index (χ0) is 8.27. The van der Waals surface area contributed by atoms with Gasteiger partial charge in [0, 0.05) is 10.0 Å². The molecular weight excluding hydrogens is 206 g/mol. The third-order valence-electron chi connectivity index (χ3n) is 1.37. The molecule has 0 aliphatic heterocycles. The third kappa shape index (κ3) is 2.13. The van der Waals surface area contributed by atoms with Crippen LogP contribution in [0.15, 0.2) is 28.7 Å². The van der Waals surface area contributed by atoms with Crippen molar-refractivity contribution >= 4 is 21.7 Å².